The van der Waals surface area contributed by atoms with Crippen LogP contribution in [0.15, 0.2) is 36.8 Å². The van der Waals surface area contributed by atoms with Crippen LogP contribution in [0.2, 0.25) is 0 Å². The molecule has 1 saturated heterocycles. The van der Waals surface area contributed by atoms with Crippen LogP contribution in [0.5, 0.6) is 0 Å². The summed E-state index contributed by atoms with van der Waals surface area (Å²) >= 11 is 0. The Morgan fingerprint density at radius 2 is 1.79 bits per heavy atom. The first kappa shape index (κ1) is 22.3. The quantitative estimate of drug-likeness (QED) is 0.424. The van der Waals surface area contributed by atoms with E-state index in [0.717, 1.165) is 6.07 Å². The minimum atomic E-state index is -4.64. The molecule has 0 saturated carbocycles. The van der Waals surface area contributed by atoms with Crippen LogP contribution in [-0.2, 0) is 13.2 Å². The Morgan fingerprint density at radius 1 is 1.06 bits per heavy atom. The van der Waals surface area contributed by atoms with E-state index in [1.54, 1.807) is 25.4 Å². The van der Waals surface area contributed by atoms with E-state index in [1.807, 2.05) is 18.7 Å². The molecule has 0 aliphatic carbocycles. The molecule has 0 radical (unpaired) electrons. The van der Waals surface area contributed by atoms with Crippen LogP contribution < -0.4 is 15.5 Å². The Kier molecular flexibility index (Phi) is 5.31. The number of hydrogen-bond donors (Lipinski definition) is 2. The Hall–Kier alpha value is -3.47. The van der Waals surface area contributed by atoms with Gasteiger partial charge in [-0.2, -0.15) is 18.3 Å². The van der Waals surface area contributed by atoms with Crippen molar-refractivity contribution in [3.05, 3.63) is 48.2 Å². The summed E-state index contributed by atoms with van der Waals surface area (Å²) in [5, 5.41) is 10.6. The zero-order valence-electron chi connectivity index (χ0n) is 18.8. The average molecular weight is 473 g/mol. The van der Waals surface area contributed by atoms with Gasteiger partial charge in [0.2, 0.25) is 0 Å². The summed E-state index contributed by atoms with van der Waals surface area (Å²) in [5.41, 5.74) is 0.210. The van der Waals surface area contributed by atoms with E-state index >= 15 is 0 Å². The molecule has 178 valence electrons. The summed E-state index contributed by atoms with van der Waals surface area (Å²) in [5.74, 6) is -0.632. The van der Waals surface area contributed by atoms with Gasteiger partial charge in [-0.25, -0.2) is 14.4 Å². The molecule has 2 unspecified atom stereocenters. The van der Waals surface area contributed by atoms with E-state index in [9.17, 15) is 17.6 Å². The molecule has 1 fully saturated rings. The second-order valence-corrected chi connectivity index (χ2v) is 8.80. The van der Waals surface area contributed by atoms with E-state index in [-0.39, 0.29) is 40.0 Å². The molecule has 3 heterocycles. The van der Waals surface area contributed by atoms with Crippen molar-refractivity contribution in [3.8, 4) is 0 Å². The fourth-order valence-electron chi connectivity index (χ4n) is 4.64. The molecule has 0 spiro atoms. The topological polar surface area (TPSA) is 70.9 Å². The number of fused-ring (bicyclic) bond motifs is 2. The maximum atomic E-state index is 14.5. The van der Waals surface area contributed by atoms with Crippen molar-refractivity contribution in [2.45, 2.75) is 32.1 Å². The van der Waals surface area contributed by atoms with E-state index in [2.05, 4.69) is 25.7 Å². The van der Waals surface area contributed by atoms with Gasteiger partial charge in [-0.1, -0.05) is 0 Å². The van der Waals surface area contributed by atoms with Crippen LogP contribution in [0.3, 0.4) is 0 Å². The standard InChI is InChI=1S/C23H23F4N7/c1-12-8-34(9-13(2)30-12)16-6-17(23(25,26)27)20-19(7-16)28-11-29-22(20)31-15-4-14-10-33(3)32-21(14)18(24)5-15/h4-7,10-13,30H,8-9H2,1-3H3,(H,28,29,31). The molecule has 2 atom stereocenters. The fourth-order valence-corrected chi connectivity index (χ4v) is 4.64. The second kappa shape index (κ2) is 8.08. The SMILES string of the molecule is CC1CN(c2cc(C(F)(F)F)c3c(Nc4cc(F)c5nn(C)cc5c4)ncnc3c2)CC(C)N1. The summed E-state index contributed by atoms with van der Waals surface area (Å²) < 4.78 is 58.7. The maximum absolute atomic E-state index is 14.5. The van der Waals surface area contributed by atoms with E-state index in [4.69, 9.17) is 0 Å². The van der Waals surface area contributed by atoms with Gasteiger partial charge in [-0.15, -0.1) is 0 Å². The van der Waals surface area contributed by atoms with Gasteiger partial charge in [0.1, 0.15) is 17.7 Å². The molecule has 34 heavy (non-hydrogen) atoms. The minimum absolute atomic E-state index is 0.0476. The number of piperazine rings is 1. The monoisotopic (exact) mass is 473 g/mol. The van der Waals surface area contributed by atoms with Crippen molar-refractivity contribution >= 4 is 39.0 Å². The lowest BCUT2D eigenvalue weighted by Crippen LogP contribution is -2.54. The van der Waals surface area contributed by atoms with Crippen molar-refractivity contribution in [1.29, 1.82) is 0 Å². The zero-order chi connectivity index (χ0) is 24.2. The first-order valence-corrected chi connectivity index (χ1v) is 10.9. The lowest BCUT2D eigenvalue weighted by Gasteiger charge is -2.38. The van der Waals surface area contributed by atoms with Crippen LogP contribution in [0, 0.1) is 5.82 Å². The number of hydrogen-bond acceptors (Lipinski definition) is 6. The largest absolute Gasteiger partial charge is 0.417 e. The molecule has 1 aliphatic heterocycles. The average Bonchev–Trinajstić information content (AvgIpc) is 3.12. The third kappa shape index (κ3) is 4.11. The number of benzene rings is 2. The second-order valence-electron chi connectivity index (χ2n) is 8.80. The number of halogens is 4. The number of rotatable bonds is 3. The number of anilines is 3. The van der Waals surface area contributed by atoms with Gasteiger partial charge >= 0.3 is 6.18 Å². The number of nitrogens with zero attached hydrogens (tertiary/aromatic N) is 5. The Balaban J connectivity index is 1.62. The lowest BCUT2D eigenvalue weighted by molar-refractivity contribution is -0.136. The van der Waals surface area contributed by atoms with Crippen LogP contribution in [-0.4, -0.2) is 44.9 Å². The maximum Gasteiger partial charge on any atom is 0.417 e. The van der Waals surface area contributed by atoms with Crippen molar-refractivity contribution in [2.24, 2.45) is 7.05 Å². The van der Waals surface area contributed by atoms with Gasteiger partial charge in [-0.3, -0.25) is 4.68 Å². The Morgan fingerprint density at radius 3 is 2.50 bits per heavy atom. The predicted molar refractivity (Wildman–Crippen MR) is 123 cm³/mol. The van der Waals surface area contributed by atoms with Crippen LogP contribution in [0.4, 0.5) is 34.8 Å². The van der Waals surface area contributed by atoms with Gasteiger partial charge in [0.25, 0.3) is 0 Å². The Bertz CT molecular complexity index is 1370. The lowest BCUT2D eigenvalue weighted by atomic mass is 10.0. The van der Waals surface area contributed by atoms with E-state index < -0.39 is 17.6 Å². The highest BCUT2D eigenvalue weighted by Crippen LogP contribution is 2.40. The third-order valence-corrected chi connectivity index (χ3v) is 5.89. The minimum Gasteiger partial charge on any atom is -0.368 e. The van der Waals surface area contributed by atoms with Gasteiger partial charge in [0.05, 0.1) is 16.5 Å². The molecule has 0 amide bonds. The number of alkyl halides is 3. The van der Waals surface area contributed by atoms with Crippen molar-refractivity contribution in [1.82, 2.24) is 25.1 Å². The molecule has 1 aliphatic rings. The van der Waals surface area contributed by atoms with Gasteiger partial charge in [-0.05, 0) is 38.1 Å². The summed E-state index contributed by atoms with van der Waals surface area (Å²) in [6.45, 7) is 5.15. The van der Waals surface area contributed by atoms with E-state index in [0.29, 0.717) is 24.2 Å². The van der Waals surface area contributed by atoms with Crippen LogP contribution >= 0.6 is 0 Å². The zero-order valence-corrected chi connectivity index (χ0v) is 18.8. The molecule has 2 N–H and O–H groups in total. The van der Waals surface area contributed by atoms with Crippen molar-refractivity contribution in [3.63, 3.8) is 0 Å². The number of aromatic nitrogens is 4. The molecule has 2 aromatic heterocycles. The highest BCUT2D eigenvalue weighted by atomic mass is 19.4. The molecular weight excluding hydrogens is 450 g/mol. The smallest absolute Gasteiger partial charge is 0.368 e. The fraction of sp³-hybridized carbons (Fsp3) is 0.348. The highest BCUT2D eigenvalue weighted by Gasteiger charge is 2.36. The normalized spacial score (nSPS) is 19.2. The van der Waals surface area contributed by atoms with Gasteiger partial charge < -0.3 is 15.5 Å². The molecule has 0 bridgehead atoms. The number of nitrogens with one attached hydrogen (secondary N) is 2. The van der Waals surface area contributed by atoms with Gasteiger partial charge in [0, 0.05) is 55.2 Å². The van der Waals surface area contributed by atoms with Crippen molar-refractivity contribution < 1.29 is 17.6 Å². The first-order valence-electron chi connectivity index (χ1n) is 10.9. The van der Waals surface area contributed by atoms with Crippen molar-refractivity contribution in [2.75, 3.05) is 23.3 Å². The highest BCUT2D eigenvalue weighted by molar-refractivity contribution is 5.96. The molecule has 2 aromatic carbocycles. The molecule has 11 heteroatoms. The molecule has 7 nitrogen and oxygen atoms in total. The first-order chi connectivity index (χ1) is 16.1. The molecule has 4 aromatic rings. The predicted octanol–water partition coefficient (Wildman–Crippen LogP) is 4.60. The Labute approximate surface area is 192 Å². The third-order valence-electron chi connectivity index (χ3n) is 5.89. The molecule has 5 rings (SSSR count). The summed E-state index contributed by atoms with van der Waals surface area (Å²) in [6.07, 6.45) is -1.81. The van der Waals surface area contributed by atoms with Gasteiger partial charge in [0.15, 0.2) is 5.82 Å². The number of aryl methyl sites for hydroxylation is 1. The molecular formula is C23H23F4N7. The summed E-state index contributed by atoms with van der Waals surface area (Å²) in [7, 11) is 1.66. The van der Waals surface area contributed by atoms with E-state index in [1.165, 1.54) is 17.1 Å². The van der Waals surface area contributed by atoms with Crippen LogP contribution in [0.25, 0.3) is 21.8 Å². The summed E-state index contributed by atoms with van der Waals surface area (Å²) in [6, 6.07) is 5.86. The summed E-state index contributed by atoms with van der Waals surface area (Å²) in [4.78, 5) is 10.1. The van der Waals surface area contributed by atoms with Crippen LogP contribution in [0.1, 0.15) is 19.4 Å².